The molecule has 2 aromatic carbocycles. The number of hydrazone groups is 1. The first kappa shape index (κ1) is 19.3. The highest BCUT2D eigenvalue weighted by molar-refractivity contribution is 6.33. The molecular formula is C20H17ClN4O3. The maximum absolute atomic E-state index is 12.3. The number of aromatic nitrogens is 1. The minimum atomic E-state index is -0.526. The number of hydrogen-bond acceptors (Lipinski definition) is 4. The zero-order valence-corrected chi connectivity index (χ0v) is 16.0. The smallest absolute Gasteiger partial charge is 0.271 e. The van der Waals surface area contributed by atoms with Crippen molar-refractivity contribution >= 4 is 29.4 Å². The third-order valence-electron chi connectivity index (χ3n) is 4.22. The summed E-state index contributed by atoms with van der Waals surface area (Å²) < 4.78 is 2.09. The summed E-state index contributed by atoms with van der Waals surface area (Å²) in [5, 5.41) is 15.0. The molecule has 1 aromatic heterocycles. The van der Waals surface area contributed by atoms with Crippen LogP contribution in [0.5, 0.6) is 0 Å². The first-order valence-corrected chi connectivity index (χ1v) is 8.77. The van der Waals surface area contributed by atoms with Crippen LogP contribution in [0, 0.1) is 24.0 Å². The van der Waals surface area contributed by atoms with E-state index in [4.69, 9.17) is 11.6 Å². The van der Waals surface area contributed by atoms with Gasteiger partial charge in [-0.15, -0.1) is 0 Å². The first-order chi connectivity index (χ1) is 13.4. The summed E-state index contributed by atoms with van der Waals surface area (Å²) in [4.78, 5) is 22.6. The summed E-state index contributed by atoms with van der Waals surface area (Å²) >= 11 is 6.00. The van der Waals surface area contributed by atoms with Crippen molar-refractivity contribution in [2.24, 2.45) is 5.10 Å². The van der Waals surface area contributed by atoms with E-state index in [1.54, 1.807) is 12.1 Å². The van der Waals surface area contributed by atoms with Gasteiger partial charge < -0.3 is 4.57 Å². The second kappa shape index (κ2) is 8.06. The van der Waals surface area contributed by atoms with Crippen LogP contribution in [0.1, 0.15) is 27.3 Å². The highest BCUT2D eigenvalue weighted by Gasteiger charge is 2.09. The first-order valence-electron chi connectivity index (χ1n) is 8.39. The van der Waals surface area contributed by atoms with Crippen molar-refractivity contribution in [3.8, 4) is 5.69 Å². The Labute approximate surface area is 166 Å². The average molecular weight is 397 g/mol. The second-order valence-electron chi connectivity index (χ2n) is 6.16. The monoisotopic (exact) mass is 396 g/mol. The molecule has 1 heterocycles. The van der Waals surface area contributed by atoms with Gasteiger partial charge in [-0.1, -0.05) is 11.6 Å². The number of hydrogen-bond donors (Lipinski definition) is 1. The number of non-ortho nitro benzene ring substituents is 1. The molecule has 0 aliphatic rings. The third-order valence-corrected chi connectivity index (χ3v) is 4.56. The molecule has 0 saturated carbocycles. The Balaban J connectivity index is 1.71. The number of benzene rings is 2. The Morgan fingerprint density at radius 2 is 1.75 bits per heavy atom. The van der Waals surface area contributed by atoms with Crippen molar-refractivity contribution in [3.63, 3.8) is 0 Å². The SMILES string of the molecule is Cc1ccc(C)n1-c1ccc(C(=O)N/N=C/c2cc([N+](=O)[O-])ccc2Cl)cc1. The normalized spacial score (nSPS) is 11.0. The maximum atomic E-state index is 12.3. The number of nitrogens with one attached hydrogen (secondary N) is 1. The zero-order valence-electron chi connectivity index (χ0n) is 15.2. The predicted molar refractivity (Wildman–Crippen MR) is 108 cm³/mol. The van der Waals surface area contributed by atoms with Crippen LogP contribution in [0.25, 0.3) is 5.69 Å². The zero-order chi connectivity index (χ0) is 20.3. The molecule has 0 unspecified atom stereocenters. The summed E-state index contributed by atoms with van der Waals surface area (Å²) in [6, 6.07) is 15.2. The molecule has 0 radical (unpaired) electrons. The largest absolute Gasteiger partial charge is 0.319 e. The topological polar surface area (TPSA) is 89.5 Å². The van der Waals surface area contributed by atoms with Crippen LogP contribution >= 0.6 is 11.6 Å². The van der Waals surface area contributed by atoms with Crippen molar-refractivity contribution in [2.75, 3.05) is 0 Å². The molecule has 0 aliphatic heterocycles. The number of rotatable bonds is 5. The number of aryl methyl sites for hydroxylation is 2. The van der Waals surface area contributed by atoms with E-state index in [1.807, 2.05) is 38.1 Å². The lowest BCUT2D eigenvalue weighted by Gasteiger charge is -2.10. The molecule has 8 heteroatoms. The van der Waals surface area contributed by atoms with Gasteiger partial charge in [0.2, 0.25) is 0 Å². The van der Waals surface area contributed by atoms with Crippen LogP contribution < -0.4 is 5.43 Å². The van der Waals surface area contributed by atoms with Crippen LogP contribution in [-0.2, 0) is 0 Å². The molecule has 0 bridgehead atoms. The molecule has 0 spiro atoms. The molecule has 1 amide bonds. The van der Waals surface area contributed by atoms with Crippen molar-refractivity contribution in [1.29, 1.82) is 0 Å². The maximum Gasteiger partial charge on any atom is 0.271 e. The summed E-state index contributed by atoms with van der Waals surface area (Å²) in [5.41, 5.74) is 6.24. The molecule has 1 N–H and O–H groups in total. The van der Waals surface area contributed by atoms with E-state index < -0.39 is 10.8 Å². The molecule has 3 aromatic rings. The lowest BCUT2D eigenvalue weighted by atomic mass is 10.2. The molecule has 0 aliphatic carbocycles. The van der Waals surface area contributed by atoms with Gasteiger partial charge in [-0.25, -0.2) is 5.43 Å². The Kier molecular flexibility index (Phi) is 5.56. The summed E-state index contributed by atoms with van der Waals surface area (Å²) in [6.45, 7) is 4.03. The summed E-state index contributed by atoms with van der Waals surface area (Å²) in [5.74, 6) is -0.398. The lowest BCUT2D eigenvalue weighted by Crippen LogP contribution is -2.17. The Morgan fingerprint density at radius 1 is 1.11 bits per heavy atom. The van der Waals surface area contributed by atoms with Gasteiger partial charge in [0.25, 0.3) is 11.6 Å². The third kappa shape index (κ3) is 4.10. The number of halogens is 1. The van der Waals surface area contributed by atoms with Gasteiger partial charge in [-0.2, -0.15) is 5.10 Å². The Bertz CT molecular complexity index is 1050. The molecular weight excluding hydrogens is 380 g/mol. The van der Waals surface area contributed by atoms with Gasteiger partial charge in [-0.3, -0.25) is 14.9 Å². The molecule has 0 saturated heterocycles. The second-order valence-corrected chi connectivity index (χ2v) is 6.57. The fourth-order valence-corrected chi connectivity index (χ4v) is 2.97. The highest BCUT2D eigenvalue weighted by atomic mass is 35.5. The van der Waals surface area contributed by atoms with Crippen molar-refractivity contribution in [3.05, 3.63) is 92.2 Å². The van der Waals surface area contributed by atoms with E-state index in [9.17, 15) is 14.9 Å². The van der Waals surface area contributed by atoms with Gasteiger partial charge in [-0.05, 0) is 56.3 Å². The standard InChI is InChI=1S/C20H17ClN4O3/c1-13-3-4-14(2)24(13)17-7-5-15(6-8-17)20(26)23-22-12-16-11-18(25(27)28)9-10-19(16)21/h3-12H,1-2H3,(H,23,26)/b22-12+. The van der Waals surface area contributed by atoms with Crippen LogP contribution in [0.4, 0.5) is 5.69 Å². The fourth-order valence-electron chi connectivity index (χ4n) is 2.81. The van der Waals surface area contributed by atoms with Gasteiger partial charge in [0.1, 0.15) is 0 Å². The van der Waals surface area contributed by atoms with Crippen LogP contribution in [0.2, 0.25) is 5.02 Å². The van der Waals surface area contributed by atoms with Gasteiger partial charge in [0.15, 0.2) is 0 Å². The molecule has 3 rings (SSSR count). The van der Waals surface area contributed by atoms with E-state index in [0.717, 1.165) is 17.1 Å². The fraction of sp³-hybridized carbons (Fsp3) is 0.100. The highest BCUT2D eigenvalue weighted by Crippen LogP contribution is 2.20. The van der Waals surface area contributed by atoms with E-state index in [0.29, 0.717) is 16.1 Å². The predicted octanol–water partition coefficient (Wildman–Crippen LogP) is 4.42. The molecule has 7 nitrogen and oxygen atoms in total. The van der Waals surface area contributed by atoms with Gasteiger partial charge in [0, 0.05) is 45.4 Å². The molecule has 142 valence electrons. The number of carbonyl (C=O) groups is 1. The van der Waals surface area contributed by atoms with Gasteiger partial charge >= 0.3 is 0 Å². The van der Waals surface area contributed by atoms with Crippen LogP contribution in [0.15, 0.2) is 59.7 Å². The van der Waals surface area contributed by atoms with Crippen LogP contribution in [0.3, 0.4) is 0 Å². The summed E-state index contributed by atoms with van der Waals surface area (Å²) in [6.07, 6.45) is 1.27. The van der Waals surface area contributed by atoms with Gasteiger partial charge in [0.05, 0.1) is 11.1 Å². The van der Waals surface area contributed by atoms with Crippen molar-refractivity contribution < 1.29 is 9.72 Å². The number of nitro benzene ring substituents is 1. The molecule has 0 atom stereocenters. The van der Waals surface area contributed by atoms with Crippen molar-refractivity contribution in [2.45, 2.75) is 13.8 Å². The number of amides is 1. The van der Waals surface area contributed by atoms with E-state index in [2.05, 4.69) is 15.1 Å². The minimum Gasteiger partial charge on any atom is -0.319 e. The summed E-state index contributed by atoms with van der Waals surface area (Å²) in [7, 11) is 0. The average Bonchev–Trinajstić information content (AvgIpc) is 3.01. The minimum absolute atomic E-state index is 0.108. The lowest BCUT2D eigenvalue weighted by molar-refractivity contribution is -0.384. The van der Waals surface area contributed by atoms with Crippen LogP contribution in [-0.4, -0.2) is 21.6 Å². The van der Waals surface area contributed by atoms with E-state index in [-0.39, 0.29) is 5.69 Å². The number of nitrogens with zero attached hydrogens (tertiary/aromatic N) is 3. The quantitative estimate of drug-likeness (QED) is 0.393. The molecule has 0 fully saturated rings. The number of carbonyl (C=O) groups excluding carboxylic acids is 1. The molecule has 28 heavy (non-hydrogen) atoms. The van der Waals surface area contributed by atoms with Crippen molar-refractivity contribution in [1.82, 2.24) is 9.99 Å². The van der Waals surface area contributed by atoms with E-state index in [1.165, 1.54) is 24.4 Å². The van der Waals surface area contributed by atoms with E-state index >= 15 is 0 Å². The Hall–Kier alpha value is -3.45. The number of nitro groups is 1. The Morgan fingerprint density at radius 3 is 2.36 bits per heavy atom.